The summed E-state index contributed by atoms with van der Waals surface area (Å²) in [6, 6.07) is 32.8. The van der Waals surface area contributed by atoms with E-state index in [-0.39, 0.29) is 13.0 Å². The van der Waals surface area contributed by atoms with Gasteiger partial charge < -0.3 is 20.1 Å². The van der Waals surface area contributed by atoms with Crippen LogP contribution in [0.5, 0.6) is 5.75 Å². The molecule has 0 fully saturated rings. The Kier molecular flexibility index (Phi) is 10.5. The van der Waals surface area contributed by atoms with Gasteiger partial charge in [0.25, 0.3) is 5.91 Å². The summed E-state index contributed by atoms with van der Waals surface area (Å²) in [5.74, 6) is 4.81. The van der Waals surface area contributed by atoms with E-state index in [0.717, 1.165) is 16.7 Å². The van der Waals surface area contributed by atoms with Crippen LogP contribution in [0.3, 0.4) is 0 Å². The molecular formula is C32H32N4O5. The van der Waals surface area contributed by atoms with Gasteiger partial charge in [-0.3, -0.25) is 15.0 Å². The fraction of sp³-hybridized carbons (Fsp3) is 0.156. The molecule has 4 aromatic rings. The largest absolute Gasteiger partial charge is 0.489 e. The van der Waals surface area contributed by atoms with Gasteiger partial charge in [0.1, 0.15) is 31.0 Å². The minimum atomic E-state index is -1.16. The van der Waals surface area contributed by atoms with E-state index in [4.69, 9.17) is 15.3 Å². The molecule has 0 aliphatic rings. The van der Waals surface area contributed by atoms with Crippen molar-refractivity contribution in [3.63, 3.8) is 0 Å². The Morgan fingerprint density at radius 3 is 1.73 bits per heavy atom. The van der Waals surface area contributed by atoms with E-state index in [1.165, 1.54) is 0 Å². The Morgan fingerprint density at radius 1 is 0.634 bits per heavy atom. The van der Waals surface area contributed by atoms with Gasteiger partial charge in [-0.05, 0) is 34.4 Å². The third-order valence-electron chi connectivity index (χ3n) is 6.26. The monoisotopic (exact) mass is 552 g/mol. The number of carbonyl (C=O) groups is 3. The van der Waals surface area contributed by atoms with E-state index in [0.29, 0.717) is 17.9 Å². The molecule has 0 aromatic heterocycles. The van der Waals surface area contributed by atoms with Crippen molar-refractivity contribution >= 4 is 17.9 Å². The van der Waals surface area contributed by atoms with Crippen LogP contribution in [0.15, 0.2) is 115 Å². The number of hydrazine groups is 1. The molecule has 0 bridgehead atoms. The van der Waals surface area contributed by atoms with Crippen molar-refractivity contribution in [3.05, 3.63) is 138 Å². The molecule has 4 rings (SSSR count). The third-order valence-corrected chi connectivity index (χ3v) is 6.26. The molecular weight excluding hydrogens is 520 g/mol. The van der Waals surface area contributed by atoms with E-state index in [2.05, 4.69) is 16.1 Å². The maximum absolute atomic E-state index is 13.5. The molecule has 0 aliphatic carbocycles. The maximum Gasteiger partial charge on any atom is 0.408 e. The molecule has 5 N–H and O–H groups in total. The fourth-order valence-electron chi connectivity index (χ4n) is 4.10. The highest BCUT2D eigenvalue weighted by Gasteiger charge is 2.28. The summed E-state index contributed by atoms with van der Waals surface area (Å²) in [5.41, 5.74) is 5.21. The topological polar surface area (TPSA) is 132 Å². The molecule has 9 heteroatoms. The molecule has 0 heterocycles. The lowest BCUT2D eigenvalue weighted by atomic mass is 10.0. The number of benzene rings is 4. The molecule has 3 amide bonds. The van der Waals surface area contributed by atoms with Gasteiger partial charge in [-0.1, -0.05) is 103 Å². The first-order chi connectivity index (χ1) is 20.0. The van der Waals surface area contributed by atoms with Crippen molar-refractivity contribution < 1.29 is 23.9 Å². The van der Waals surface area contributed by atoms with Crippen molar-refractivity contribution in [1.82, 2.24) is 16.1 Å². The first-order valence-corrected chi connectivity index (χ1v) is 13.1. The van der Waals surface area contributed by atoms with Crippen LogP contribution in [0.1, 0.15) is 28.3 Å². The zero-order valence-corrected chi connectivity index (χ0v) is 22.4. The lowest BCUT2D eigenvalue weighted by Gasteiger charge is -2.23. The van der Waals surface area contributed by atoms with Gasteiger partial charge in [-0.2, -0.15) is 0 Å². The summed E-state index contributed by atoms with van der Waals surface area (Å²) >= 11 is 0. The Balaban J connectivity index is 1.49. The SMILES string of the molecule is NNC(=O)[C@H](Cc1ccccc1)NC(=O)[C@H](NC(=O)OCc1ccccc1)c1ccc(OCc2ccccc2)cc1. The Bertz CT molecular complexity index is 1400. The van der Waals surface area contributed by atoms with E-state index in [1.54, 1.807) is 24.3 Å². The third kappa shape index (κ3) is 8.94. The van der Waals surface area contributed by atoms with Crippen LogP contribution in [-0.4, -0.2) is 23.9 Å². The zero-order chi connectivity index (χ0) is 28.9. The first-order valence-electron chi connectivity index (χ1n) is 13.1. The number of nitrogens with two attached hydrogens (primary N) is 1. The van der Waals surface area contributed by atoms with Crippen molar-refractivity contribution in [3.8, 4) is 5.75 Å². The van der Waals surface area contributed by atoms with E-state index < -0.39 is 30.0 Å². The summed E-state index contributed by atoms with van der Waals surface area (Å²) in [6.45, 7) is 0.406. The first kappa shape index (κ1) is 28.8. The fourth-order valence-corrected chi connectivity index (χ4v) is 4.10. The molecule has 0 saturated heterocycles. The number of ether oxygens (including phenoxy) is 2. The number of hydrogen-bond acceptors (Lipinski definition) is 6. The summed E-state index contributed by atoms with van der Waals surface area (Å²) in [4.78, 5) is 38.8. The van der Waals surface area contributed by atoms with Gasteiger partial charge in [0.2, 0.25) is 5.91 Å². The smallest absolute Gasteiger partial charge is 0.408 e. The standard InChI is InChI=1S/C32H32N4O5/c33-36-30(37)28(20-23-10-4-1-5-11-23)34-31(38)29(35-32(39)41-22-25-14-8-3-9-15-25)26-16-18-27(19-17-26)40-21-24-12-6-2-7-13-24/h1-19,28-29H,20-22,33H2,(H,34,38)(H,35,39)(H,36,37)/t28-,29+/m0/s1. The molecule has 0 unspecified atom stereocenters. The summed E-state index contributed by atoms with van der Waals surface area (Å²) in [6.07, 6.45) is -0.589. The Morgan fingerprint density at radius 2 is 1.17 bits per heavy atom. The zero-order valence-electron chi connectivity index (χ0n) is 22.4. The second-order valence-electron chi connectivity index (χ2n) is 9.24. The molecule has 0 spiro atoms. The molecule has 0 saturated carbocycles. The second-order valence-corrected chi connectivity index (χ2v) is 9.24. The number of rotatable bonds is 12. The van der Waals surface area contributed by atoms with E-state index in [9.17, 15) is 14.4 Å². The average Bonchev–Trinajstić information content (AvgIpc) is 3.02. The minimum absolute atomic E-state index is 0.0273. The quantitative estimate of drug-likeness (QED) is 0.120. The summed E-state index contributed by atoms with van der Waals surface area (Å²) in [5, 5.41) is 5.35. The highest BCUT2D eigenvalue weighted by atomic mass is 16.5. The van der Waals surface area contributed by atoms with Crippen LogP contribution in [0.4, 0.5) is 4.79 Å². The average molecular weight is 553 g/mol. The van der Waals surface area contributed by atoms with Crippen LogP contribution >= 0.6 is 0 Å². The van der Waals surface area contributed by atoms with E-state index >= 15 is 0 Å². The van der Waals surface area contributed by atoms with Crippen molar-refractivity contribution in [1.29, 1.82) is 0 Å². The van der Waals surface area contributed by atoms with Crippen molar-refractivity contribution in [2.24, 2.45) is 5.84 Å². The normalized spacial score (nSPS) is 11.9. The lowest BCUT2D eigenvalue weighted by Crippen LogP contribution is -2.52. The summed E-state index contributed by atoms with van der Waals surface area (Å²) < 4.78 is 11.2. The van der Waals surface area contributed by atoms with Crippen LogP contribution in [0.2, 0.25) is 0 Å². The highest BCUT2D eigenvalue weighted by molar-refractivity contribution is 5.92. The molecule has 9 nitrogen and oxygen atoms in total. The van der Waals surface area contributed by atoms with Crippen LogP contribution in [0.25, 0.3) is 0 Å². The van der Waals surface area contributed by atoms with Gasteiger partial charge >= 0.3 is 6.09 Å². The molecule has 4 aromatic carbocycles. The van der Waals surface area contributed by atoms with Crippen LogP contribution in [0, 0.1) is 0 Å². The molecule has 210 valence electrons. The van der Waals surface area contributed by atoms with Crippen LogP contribution < -0.4 is 26.6 Å². The number of amides is 3. The van der Waals surface area contributed by atoms with Crippen LogP contribution in [-0.2, 0) is 34.0 Å². The van der Waals surface area contributed by atoms with Gasteiger partial charge in [0.05, 0.1) is 0 Å². The molecule has 0 radical (unpaired) electrons. The van der Waals surface area contributed by atoms with Crippen molar-refractivity contribution in [2.75, 3.05) is 0 Å². The maximum atomic E-state index is 13.5. The van der Waals surface area contributed by atoms with Gasteiger partial charge in [0.15, 0.2) is 0 Å². The number of hydrogen-bond donors (Lipinski definition) is 4. The number of alkyl carbamates (subject to hydrolysis) is 1. The second kappa shape index (κ2) is 14.9. The predicted octanol–water partition coefficient (Wildman–Crippen LogP) is 3.95. The minimum Gasteiger partial charge on any atom is -0.489 e. The highest BCUT2D eigenvalue weighted by Crippen LogP contribution is 2.20. The van der Waals surface area contributed by atoms with Gasteiger partial charge in [-0.15, -0.1) is 0 Å². The summed E-state index contributed by atoms with van der Waals surface area (Å²) in [7, 11) is 0. The predicted molar refractivity (Wildman–Crippen MR) is 154 cm³/mol. The lowest BCUT2D eigenvalue weighted by molar-refractivity contribution is -0.130. The van der Waals surface area contributed by atoms with Crippen molar-refractivity contribution in [2.45, 2.75) is 31.7 Å². The van der Waals surface area contributed by atoms with Gasteiger partial charge in [0, 0.05) is 6.42 Å². The van der Waals surface area contributed by atoms with E-state index in [1.807, 2.05) is 91.0 Å². The Hall–Kier alpha value is -5.15. The number of nitrogens with one attached hydrogen (secondary N) is 3. The van der Waals surface area contributed by atoms with Gasteiger partial charge in [-0.25, -0.2) is 10.6 Å². The number of carbonyl (C=O) groups excluding carboxylic acids is 3. The Labute approximate surface area is 238 Å². The molecule has 2 atom stereocenters. The molecule has 0 aliphatic heterocycles. The molecule has 41 heavy (non-hydrogen) atoms.